The maximum Gasteiger partial charge on any atom is 0.247 e. The standard InChI is InChI=1S/C14H11N5/c15-11-14-16-18(12-7-3-1-4-8-12)19(17-14)13-9-5-2-6-10-13/h1-10H,(H,16,17). The van der Waals surface area contributed by atoms with Gasteiger partial charge in [0, 0.05) is 0 Å². The topological polar surface area (TPSA) is 54.7 Å². The molecule has 92 valence electrons. The number of nitrogens with one attached hydrogen (secondary N) is 1. The Morgan fingerprint density at radius 1 is 0.895 bits per heavy atom. The van der Waals surface area contributed by atoms with E-state index in [0.29, 0.717) is 0 Å². The van der Waals surface area contributed by atoms with Crippen LogP contribution in [0.1, 0.15) is 0 Å². The molecule has 1 N–H and O–H groups in total. The predicted octanol–water partition coefficient (Wildman–Crippen LogP) is 2.27. The molecule has 1 aliphatic heterocycles. The number of benzene rings is 2. The number of anilines is 2. The van der Waals surface area contributed by atoms with E-state index in [0.717, 1.165) is 11.4 Å². The molecule has 5 nitrogen and oxygen atoms in total. The Balaban J connectivity index is 1.99. The first-order valence-corrected chi connectivity index (χ1v) is 5.84. The van der Waals surface area contributed by atoms with Crippen LogP contribution in [-0.4, -0.2) is 5.84 Å². The fourth-order valence-corrected chi connectivity index (χ4v) is 1.83. The average molecular weight is 249 g/mol. The minimum atomic E-state index is 0.257. The Morgan fingerprint density at radius 2 is 1.47 bits per heavy atom. The SMILES string of the molecule is N#CC1=NN(c2ccccc2)N(c2ccccc2)N1. The number of rotatable bonds is 2. The van der Waals surface area contributed by atoms with Crippen LogP contribution >= 0.6 is 0 Å². The van der Waals surface area contributed by atoms with Crippen LogP contribution in [0.25, 0.3) is 0 Å². The van der Waals surface area contributed by atoms with Crippen LogP contribution < -0.4 is 15.7 Å². The normalized spacial score (nSPS) is 13.7. The highest BCUT2D eigenvalue weighted by molar-refractivity contribution is 6.00. The molecule has 1 aliphatic rings. The molecule has 0 unspecified atom stereocenters. The molecule has 2 aromatic rings. The third-order valence-electron chi connectivity index (χ3n) is 2.69. The number of hydrogen-bond donors (Lipinski definition) is 1. The second kappa shape index (κ2) is 4.70. The molecule has 19 heavy (non-hydrogen) atoms. The maximum atomic E-state index is 9.00. The summed E-state index contributed by atoms with van der Waals surface area (Å²) in [5.41, 5.74) is 4.74. The van der Waals surface area contributed by atoms with Gasteiger partial charge in [0.2, 0.25) is 5.84 Å². The predicted molar refractivity (Wildman–Crippen MR) is 74.0 cm³/mol. The molecule has 0 aromatic heterocycles. The molecule has 0 atom stereocenters. The van der Waals surface area contributed by atoms with Crippen molar-refractivity contribution in [3.8, 4) is 6.07 Å². The highest BCUT2D eigenvalue weighted by atomic mass is 15.9. The van der Waals surface area contributed by atoms with E-state index in [9.17, 15) is 0 Å². The second-order valence-corrected chi connectivity index (χ2v) is 3.94. The van der Waals surface area contributed by atoms with Gasteiger partial charge < -0.3 is 0 Å². The number of para-hydroxylation sites is 2. The van der Waals surface area contributed by atoms with E-state index in [2.05, 4.69) is 10.5 Å². The lowest BCUT2D eigenvalue weighted by molar-refractivity contribution is 0.771. The van der Waals surface area contributed by atoms with Crippen LogP contribution in [0.15, 0.2) is 65.8 Å². The molecule has 0 saturated heterocycles. The molecule has 0 saturated carbocycles. The first-order chi connectivity index (χ1) is 9.38. The number of hydrazone groups is 1. The Hall–Kier alpha value is -3.00. The van der Waals surface area contributed by atoms with Crippen LogP contribution in [0.2, 0.25) is 0 Å². The van der Waals surface area contributed by atoms with E-state index < -0.39 is 0 Å². The zero-order chi connectivity index (χ0) is 13.1. The summed E-state index contributed by atoms with van der Waals surface area (Å²) < 4.78 is 0. The summed E-state index contributed by atoms with van der Waals surface area (Å²) in [7, 11) is 0. The first kappa shape index (κ1) is 11.1. The van der Waals surface area contributed by atoms with Crippen molar-refractivity contribution in [1.82, 2.24) is 5.43 Å². The average Bonchev–Trinajstić information content (AvgIpc) is 2.93. The van der Waals surface area contributed by atoms with Crippen LogP contribution in [-0.2, 0) is 0 Å². The van der Waals surface area contributed by atoms with Gasteiger partial charge >= 0.3 is 0 Å². The van der Waals surface area contributed by atoms with Crippen molar-refractivity contribution >= 4 is 17.2 Å². The number of hydrazine groups is 2. The third kappa shape index (κ3) is 2.07. The van der Waals surface area contributed by atoms with Gasteiger partial charge in [-0.15, -0.1) is 5.10 Å². The zero-order valence-corrected chi connectivity index (χ0v) is 10.1. The van der Waals surface area contributed by atoms with Crippen molar-refractivity contribution in [3.63, 3.8) is 0 Å². The van der Waals surface area contributed by atoms with Crippen molar-refractivity contribution in [2.45, 2.75) is 0 Å². The van der Waals surface area contributed by atoms with E-state index in [1.807, 2.05) is 66.7 Å². The summed E-state index contributed by atoms with van der Waals surface area (Å²) in [5, 5.41) is 16.6. The third-order valence-corrected chi connectivity index (χ3v) is 2.69. The molecule has 0 amide bonds. The Morgan fingerprint density at radius 3 is 2.05 bits per heavy atom. The van der Waals surface area contributed by atoms with E-state index >= 15 is 0 Å². The lowest BCUT2D eigenvalue weighted by Gasteiger charge is -2.27. The van der Waals surface area contributed by atoms with Gasteiger partial charge in [-0.3, -0.25) is 5.43 Å². The lowest BCUT2D eigenvalue weighted by atomic mass is 10.3. The van der Waals surface area contributed by atoms with Crippen molar-refractivity contribution in [1.29, 1.82) is 5.26 Å². The van der Waals surface area contributed by atoms with Crippen molar-refractivity contribution in [2.75, 3.05) is 10.2 Å². The van der Waals surface area contributed by atoms with Gasteiger partial charge in [-0.05, 0) is 24.3 Å². The van der Waals surface area contributed by atoms with Crippen molar-refractivity contribution in [2.24, 2.45) is 5.10 Å². The van der Waals surface area contributed by atoms with E-state index in [1.165, 1.54) is 0 Å². The Kier molecular flexibility index (Phi) is 2.75. The summed E-state index contributed by atoms with van der Waals surface area (Å²) in [5.74, 6) is 0.257. The summed E-state index contributed by atoms with van der Waals surface area (Å²) in [6.07, 6.45) is 0. The molecule has 2 aromatic carbocycles. The molecule has 3 rings (SSSR count). The van der Waals surface area contributed by atoms with Crippen LogP contribution in [0.3, 0.4) is 0 Å². The minimum Gasteiger partial charge on any atom is -0.250 e. The summed E-state index contributed by atoms with van der Waals surface area (Å²) in [6.45, 7) is 0. The summed E-state index contributed by atoms with van der Waals surface area (Å²) in [4.78, 5) is 0. The van der Waals surface area contributed by atoms with Crippen LogP contribution in [0.5, 0.6) is 0 Å². The van der Waals surface area contributed by atoms with Gasteiger partial charge in [0.15, 0.2) is 0 Å². The zero-order valence-electron chi connectivity index (χ0n) is 10.1. The van der Waals surface area contributed by atoms with Gasteiger partial charge in [-0.25, -0.2) is 0 Å². The Bertz CT molecular complexity index is 630. The molecule has 0 bridgehead atoms. The fourth-order valence-electron chi connectivity index (χ4n) is 1.83. The maximum absolute atomic E-state index is 9.00. The molecule has 0 radical (unpaired) electrons. The monoisotopic (exact) mass is 249 g/mol. The second-order valence-electron chi connectivity index (χ2n) is 3.94. The van der Waals surface area contributed by atoms with E-state index in [-0.39, 0.29) is 5.84 Å². The van der Waals surface area contributed by atoms with E-state index in [1.54, 1.807) is 10.2 Å². The molecule has 1 heterocycles. The number of hydrogen-bond acceptors (Lipinski definition) is 5. The lowest BCUT2D eigenvalue weighted by Crippen LogP contribution is -2.44. The van der Waals surface area contributed by atoms with Crippen LogP contribution in [0.4, 0.5) is 11.4 Å². The molecule has 5 heteroatoms. The van der Waals surface area contributed by atoms with Gasteiger partial charge in [-0.1, -0.05) is 36.4 Å². The molecular weight excluding hydrogens is 238 g/mol. The van der Waals surface area contributed by atoms with Gasteiger partial charge in [0.25, 0.3) is 0 Å². The first-order valence-electron chi connectivity index (χ1n) is 5.84. The molecule has 0 fully saturated rings. The van der Waals surface area contributed by atoms with Crippen molar-refractivity contribution in [3.05, 3.63) is 60.7 Å². The van der Waals surface area contributed by atoms with Crippen molar-refractivity contribution < 1.29 is 0 Å². The molecule has 0 aliphatic carbocycles. The smallest absolute Gasteiger partial charge is 0.247 e. The highest BCUT2D eigenvalue weighted by Crippen LogP contribution is 2.23. The Labute approximate surface area is 110 Å². The summed E-state index contributed by atoms with van der Waals surface area (Å²) >= 11 is 0. The summed E-state index contributed by atoms with van der Waals surface area (Å²) in [6, 6.07) is 21.4. The van der Waals surface area contributed by atoms with Gasteiger partial charge in [0.05, 0.1) is 11.4 Å². The largest absolute Gasteiger partial charge is 0.250 e. The molecule has 0 spiro atoms. The van der Waals surface area contributed by atoms with Crippen LogP contribution in [0, 0.1) is 11.3 Å². The van der Waals surface area contributed by atoms with E-state index in [4.69, 9.17) is 5.26 Å². The number of amidine groups is 1. The minimum absolute atomic E-state index is 0.257. The van der Waals surface area contributed by atoms with Gasteiger partial charge in [-0.2, -0.15) is 15.5 Å². The highest BCUT2D eigenvalue weighted by Gasteiger charge is 2.24. The quantitative estimate of drug-likeness (QED) is 0.887. The number of nitriles is 1. The van der Waals surface area contributed by atoms with Gasteiger partial charge in [0.1, 0.15) is 6.07 Å². The molecular formula is C14H11N5. The number of nitrogens with zero attached hydrogens (tertiary/aromatic N) is 4. The fraction of sp³-hybridized carbons (Fsp3) is 0.